The SMILES string of the molecule is CCOC(=O)C1CCN(C(=S)NC(=O)c2ccc(C)cc2)CC1. The predicted octanol–water partition coefficient (Wildman–Crippen LogP) is 2.28. The van der Waals surface area contributed by atoms with Gasteiger partial charge in [0.05, 0.1) is 12.5 Å². The Morgan fingerprint density at radius 1 is 1.26 bits per heavy atom. The van der Waals surface area contributed by atoms with Crippen LogP contribution in [-0.4, -0.2) is 41.6 Å². The van der Waals surface area contributed by atoms with Gasteiger partial charge in [-0.05, 0) is 51.0 Å². The van der Waals surface area contributed by atoms with Crippen LogP contribution in [0.1, 0.15) is 35.7 Å². The molecule has 1 aromatic rings. The summed E-state index contributed by atoms with van der Waals surface area (Å²) < 4.78 is 5.05. The highest BCUT2D eigenvalue weighted by Crippen LogP contribution is 2.18. The predicted molar refractivity (Wildman–Crippen MR) is 92.2 cm³/mol. The molecule has 0 aromatic heterocycles. The summed E-state index contributed by atoms with van der Waals surface area (Å²) in [6.07, 6.45) is 1.39. The minimum Gasteiger partial charge on any atom is -0.466 e. The number of nitrogens with one attached hydrogen (secondary N) is 1. The zero-order valence-electron chi connectivity index (χ0n) is 13.5. The third-order valence-electron chi connectivity index (χ3n) is 3.94. The minimum atomic E-state index is -0.206. The van der Waals surface area contributed by atoms with E-state index >= 15 is 0 Å². The van der Waals surface area contributed by atoms with E-state index < -0.39 is 0 Å². The van der Waals surface area contributed by atoms with Gasteiger partial charge in [0.25, 0.3) is 5.91 Å². The van der Waals surface area contributed by atoms with E-state index in [1.165, 1.54) is 0 Å². The molecule has 6 heteroatoms. The molecule has 0 aliphatic carbocycles. The van der Waals surface area contributed by atoms with Crippen LogP contribution in [0, 0.1) is 12.8 Å². The first-order valence-corrected chi connectivity index (χ1v) is 8.25. The summed E-state index contributed by atoms with van der Waals surface area (Å²) >= 11 is 5.31. The number of aryl methyl sites for hydroxylation is 1. The lowest BCUT2D eigenvalue weighted by atomic mass is 9.97. The molecule has 23 heavy (non-hydrogen) atoms. The number of hydrogen-bond acceptors (Lipinski definition) is 4. The number of hydrogen-bond donors (Lipinski definition) is 1. The molecule has 0 saturated carbocycles. The van der Waals surface area contributed by atoms with E-state index in [-0.39, 0.29) is 17.8 Å². The fourth-order valence-corrected chi connectivity index (χ4v) is 2.81. The molecule has 1 amide bonds. The van der Waals surface area contributed by atoms with Crippen LogP contribution in [0.2, 0.25) is 0 Å². The fraction of sp³-hybridized carbons (Fsp3) is 0.471. The van der Waals surface area contributed by atoms with Crippen LogP contribution in [0.4, 0.5) is 0 Å². The van der Waals surface area contributed by atoms with E-state index in [1.54, 1.807) is 12.1 Å². The molecule has 2 rings (SSSR count). The number of nitrogens with zero attached hydrogens (tertiary/aromatic N) is 1. The van der Waals surface area contributed by atoms with Crippen molar-refractivity contribution in [3.63, 3.8) is 0 Å². The van der Waals surface area contributed by atoms with Crippen molar-refractivity contribution in [2.75, 3.05) is 19.7 Å². The van der Waals surface area contributed by atoms with Crippen LogP contribution in [-0.2, 0) is 9.53 Å². The fourth-order valence-electron chi connectivity index (χ4n) is 2.53. The molecule has 124 valence electrons. The number of thiocarbonyl (C=S) groups is 1. The number of carbonyl (C=O) groups excluding carboxylic acids is 2. The van der Waals surface area contributed by atoms with Gasteiger partial charge in [-0.1, -0.05) is 17.7 Å². The molecule has 1 fully saturated rings. The number of benzene rings is 1. The summed E-state index contributed by atoms with van der Waals surface area (Å²) in [5.74, 6) is -0.411. The largest absolute Gasteiger partial charge is 0.466 e. The Morgan fingerprint density at radius 3 is 2.43 bits per heavy atom. The zero-order chi connectivity index (χ0) is 16.8. The maximum absolute atomic E-state index is 12.2. The van der Waals surface area contributed by atoms with Crippen LogP contribution in [0.3, 0.4) is 0 Å². The molecule has 1 aromatic carbocycles. The van der Waals surface area contributed by atoms with Crippen molar-refractivity contribution in [1.29, 1.82) is 0 Å². The van der Waals surface area contributed by atoms with Crippen molar-refractivity contribution >= 4 is 29.2 Å². The third kappa shape index (κ3) is 4.76. The zero-order valence-corrected chi connectivity index (χ0v) is 14.3. The van der Waals surface area contributed by atoms with Gasteiger partial charge in [-0.3, -0.25) is 14.9 Å². The molecule has 0 spiro atoms. The maximum atomic E-state index is 12.2. The van der Waals surface area contributed by atoms with Crippen LogP contribution < -0.4 is 5.32 Å². The molecule has 0 radical (unpaired) electrons. The Hall–Kier alpha value is -1.95. The highest BCUT2D eigenvalue weighted by molar-refractivity contribution is 7.80. The summed E-state index contributed by atoms with van der Waals surface area (Å²) in [5, 5.41) is 3.17. The Bertz CT molecular complexity index is 578. The van der Waals surface area contributed by atoms with Crippen molar-refractivity contribution in [2.24, 2.45) is 5.92 Å². The van der Waals surface area contributed by atoms with Gasteiger partial charge < -0.3 is 9.64 Å². The van der Waals surface area contributed by atoms with E-state index in [2.05, 4.69) is 5.32 Å². The van der Waals surface area contributed by atoms with E-state index in [4.69, 9.17) is 17.0 Å². The number of likely N-dealkylation sites (tertiary alicyclic amines) is 1. The highest BCUT2D eigenvalue weighted by atomic mass is 32.1. The van der Waals surface area contributed by atoms with E-state index in [9.17, 15) is 9.59 Å². The molecule has 1 heterocycles. The first-order valence-electron chi connectivity index (χ1n) is 7.84. The molecule has 0 bridgehead atoms. The standard InChI is InChI=1S/C17H22N2O3S/c1-3-22-16(21)14-8-10-19(11-9-14)17(23)18-15(20)13-6-4-12(2)5-7-13/h4-7,14H,3,8-11H2,1-2H3,(H,18,20,23). The van der Waals surface area contributed by atoms with Crippen LogP contribution in [0.15, 0.2) is 24.3 Å². The number of piperidine rings is 1. The molecule has 1 saturated heterocycles. The molecular weight excluding hydrogens is 312 g/mol. The molecule has 0 atom stereocenters. The van der Waals surface area contributed by atoms with Gasteiger partial charge in [0.15, 0.2) is 5.11 Å². The van der Waals surface area contributed by atoms with Crippen LogP contribution >= 0.6 is 12.2 Å². The van der Waals surface area contributed by atoms with E-state index in [0.717, 1.165) is 5.56 Å². The van der Waals surface area contributed by atoms with Crippen LogP contribution in [0.5, 0.6) is 0 Å². The van der Waals surface area contributed by atoms with Crippen molar-refractivity contribution in [3.8, 4) is 0 Å². The molecule has 1 aliphatic heterocycles. The lowest BCUT2D eigenvalue weighted by Crippen LogP contribution is -2.47. The summed E-state index contributed by atoms with van der Waals surface area (Å²) in [4.78, 5) is 25.8. The second-order valence-corrected chi connectivity index (χ2v) is 6.03. The molecule has 1 aliphatic rings. The second-order valence-electron chi connectivity index (χ2n) is 5.64. The van der Waals surface area contributed by atoms with Gasteiger partial charge in [0.2, 0.25) is 0 Å². The van der Waals surface area contributed by atoms with Gasteiger partial charge in [-0.15, -0.1) is 0 Å². The highest BCUT2D eigenvalue weighted by Gasteiger charge is 2.27. The Kier molecular flexibility index (Phi) is 6.10. The van der Waals surface area contributed by atoms with E-state index in [0.29, 0.717) is 43.2 Å². The van der Waals surface area contributed by atoms with Crippen molar-refractivity contribution in [3.05, 3.63) is 35.4 Å². The van der Waals surface area contributed by atoms with E-state index in [1.807, 2.05) is 30.9 Å². The first-order chi connectivity index (χ1) is 11.0. The van der Waals surface area contributed by atoms with Gasteiger partial charge in [-0.2, -0.15) is 0 Å². The van der Waals surface area contributed by atoms with Crippen molar-refractivity contribution in [1.82, 2.24) is 10.2 Å². The van der Waals surface area contributed by atoms with Gasteiger partial charge >= 0.3 is 5.97 Å². The lowest BCUT2D eigenvalue weighted by molar-refractivity contribution is -0.149. The normalized spacial score (nSPS) is 15.1. The summed E-state index contributed by atoms with van der Waals surface area (Å²) in [6, 6.07) is 7.34. The second kappa shape index (κ2) is 8.06. The average molecular weight is 334 g/mol. The van der Waals surface area contributed by atoms with Crippen LogP contribution in [0.25, 0.3) is 0 Å². The third-order valence-corrected chi connectivity index (χ3v) is 4.30. The number of carbonyl (C=O) groups is 2. The Morgan fingerprint density at radius 2 is 1.87 bits per heavy atom. The van der Waals surface area contributed by atoms with Gasteiger partial charge in [0, 0.05) is 18.7 Å². The quantitative estimate of drug-likeness (QED) is 0.679. The smallest absolute Gasteiger partial charge is 0.309 e. The van der Waals surface area contributed by atoms with Gasteiger partial charge in [-0.25, -0.2) is 0 Å². The number of amides is 1. The van der Waals surface area contributed by atoms with Crippen molar-refractivity contribution in [2.45, 2.75) is 26.7 Å². The average Bonchev–Trinajstić information content (AvgIpc) is 2.55. The number of esters is 1. The molecule has 1 N–H and O–H groups in total. The topological polar surface area (TPSA) is 58.6 Å². The Labute approximate surface area is 142 Å². The molecule has 5 nitrogen and oxygen atoms in total. The number of ether oxygens (including phenoxy) is 1. The summed E-state index contributed by atoms with van der Waals surface area (Å²) in [5.41, 5.74) is 1.68. The minimum absolute atomic E-state index is 0.0678. The summed E-state index contributed by atoms with van der Waals surface area (Å²) in [7, 11) is 0. The lowest BCUT2D eigenvalue weighted by Gasteiger charge is -2.32. The monoisotopic (exact) mass is 334 g/mol. The van der Waals surface area contributed by atoms with Crippen molar-refractivity contribution < 1.29 is 14.3 Å². The Balaban J connectivity index is 1.84. The van der Waals surface area contributed by atoms with Gasteiger partial charge in [0.1, 0.15) is 0 Å². The summed E-state index contributed by atoms with van der Waals surface area (Å²) in [6.45, 7) is 5.49. The molecular formula is C17H22N2O3S. The number of rotatable bonds is 3. The first kappa shape index (κ1) is 17.4. The maximum Gasteiger partial charge on any atom is 0.309 e. The molecule has 0 unspecified atom stereocenters.